The number of nitrogens with zero attached hydrogens (tertiary/aromatic N) is 2. The molecule has 8 nitrogen and oxygen atoms in total. The monoisotopic (exact) mass is 442 g/mol. The zero-order valence-corrected chi connectivity index (χ0v) is 17.8. The summed E-state index contributed by atoms with van der Waals surface area (Å²) in [5.74, 6) is -0.123. The molecule has 0 aliphatic carbocycles. The van der Waals surface area contributed by atoms with Gasteiger partial charge in [-0.2, -0.15) is 0 Å². The van der Waals surface area contributed by atoms with E-state index in [0.29, 0.717) is 29.3 Å². The summed E-state index contributed by atoms with van der Waals surface area (Å²) in [6.45, 7) is 2.26. The van der Waals surface area contributed by atoms with Gasteiger partial charge in [-0.1, -0.05) is 37.1 Å². The first-order valence-corrected chi connectivity index (χ1v) is 10.2. The fourth-order valence-electron chi connectivity index (χ4n) is 3.07. The van der Waals surface area contributed by atoms with Crippen LogP contribution in [0.4, 0.5) is 11.5 Å². The number of furan rings is 1. The summed E-state index contributed by atoms with van der Waals surface area (Å²) in [5, 5.41) is 0.533. The molecule has 0 bridgehead atoms. The van der Waals surface area contributed by atoms with E-state index in [4.69, 9.17) is 21.8 Å². The maximum atomic E-state index is 13.1. The minimum absolute atomic E-state index is 0.0367. The highest BCUT2D eigenvalue weighted by atomic mass is 35.5. The molecule has 1 amide bonds. The summed E-state index contributed by atoms with van der Waals surface area (Å²) in [6.07, 6.45) is 5.89. The largest absolute Gasteiger partial charge is 0.467 e. The van der Waals surface area contributed by atoms with Crippen LogP contribution < -0.4 is 21.9 Å². The fraction of sp³-hybridized carbons (Fsp3) is 0.227. The van der Waals surface area contributed by atoms with E-state index in [2.05, 4.69) is 4.98 Å². The lowest BCUT2D eigenvalue weighted by atomic mass is 10.2. The number of nitrogens with one attached hydrogen (secondary N) is 1. The molecule has 0 aliphatic rings. The predicted molar refractivity (Wildman–Crippen MR) is 121 cm³/mol. The topological polar surface area (TPSA) is 114 Å². The summed E-state index contributed by atoms with van der Waals surface area (Å²) in [7, 11) is 0. The Morgan fingerprint density at radius 3 is 2.77 bits per heavy atom. The SMILES string of the molecule is CCCCn1c(N)c(N(Cc2ccco2)C(=O)/C=C/c2cccc(Cl)c2)c(=O)[nH]c1=O. The fourth-order valence-corrected chi connectivity index (χ4v) is 3.27. The lowest BCUT2D eigenvalue weighted by Gasteiger charge is -2.22. The third-order valence-electron chi connectivity index (χ3n) is 4.65. The quantitative estimate of drug-likeness (QED) is 0.519. The van der Waals surface area contributed by atoms with Crippen LogP contribution in [-0.4, -0.2) is 15.5 Å². The number of rotatable bonds is 8. The van der Waals surface area contributed by atoms with Crippen molar-refractivity contribution in [3.8, 4) is 0 Å². The highest BCUT2D eigenvalue weighted by Gasteiger charge is 2.24. The van der Waals surface area contributed by atoms with Gasteiger partial charge in [0.15, 0.2) is 5.69 Å². The second-order valence-corrected chi connectivity index (χ2v) is 7.33. The second kappa shape index (κ2) is 9.99. The van der Waals surface area contributed by atoms with Crippen molar-refractivity contribution in [3.05, 3.63) is 85.9 Å². The molecule has 0 radical (unpaired) electrons. The number of hydrogen-bond donors (Lipinski definition) is 2. The van der Waals surface area contributed by atoms with Gasteiger partial charge in [0.1, 0.15) is 11.6 Å². The van der Waals surface area contributed by atoms with Crippen molar-refractivity contribution in [3.63, 3.8) is 0 Å². The molecule has 0 saturated carbocycles. The number of halogens is 1. The summed E-state index contributed by atoms with van der Waals surface area (Å²) < 4.78 is 6.62. The van der Waals surface area contributed by atoms with Crippen LogP contribution in [0.15, 0.2) is 62.7 Å². The van der Waals surface area contributed by atoms with Crippen LogP contribution in [-0.2, 0) is 17.9 Å². The molecule has 0 aliphatic heterocycles. The Hall–Kier alpha value is -3.52. The molecule has 1 aromatic carbocycles. The molecular weight excluding hydrogens is 420 g/mol. The third-order valence-corrected chi connectivity index (χ3v) is 4.88. The second-order valence-electron chi connectivity index (χ2n) is 6.89. The van der Waals surface area contributed by atoms with Gasteiger partial charge in [0.25, 0.3) is 11.5 Å². The minimum Gasteiger partial charge on any atom is -0.467 e. The number of nitrogens with two attached hydrogens (primary N) is 1. The van der Waals surface area contributed by atoms with Gasteiger partial charge in [0, 0.05) is 17.6 Å². The lowest BCUT2D eigenvalue weighted by molar-refractivity contribution is -0.114. The molecule has 3 N–H and O–H groups in total. The first-order valence-electron chi connectivity index (χ1n) is 9.80. The number of benzene rings is 1. The zero-order chi connectivity index (χ0) is 22.4. The van der Waals surface area contributed by atoms with Crippen LogP contribution in [0.1, 0.15) is 31.1 Å². The highest BCUT2D eigenvalue weighted by Crippen LogP contribution is 2.21. The molecular formula is C22H23ClN4O4. The molecule has 0 spiro atoms. The van der Waals surface area contributed by atoms with Gasteiger partial charge in [-0.3, -0.25) is 24.0 Å². The highest BCUT2D eigenvalue weighted by molar-refractivity contribution is 6.30. The summed E-state index contributed by atoms with van der Waals surface area (Å²) in [5.41, 5.74) is 5.45. The van der Waals surface area contributed by atoms with Gasteiger partial charge in [0.2, 0.25) is 0 Å². The Morgan fingerprint density at radius 2 is 2.10 bits per heavy atom. The Bertz CT molecular complexity index is 1190. The molecule has 0 fully saturated rings. The third kappa shape index (κ3) is 5.35. The molecule has 0 unspecified atom stereocenters. The number of nitrogen functional groups attached to an aromatic ring is 1. The molecule has 3 aromatic rings. The predicted octanol–water partition coefficient (Wildman–Crippen LogP) is 3.41. The van der Waals surface area contributed by atoms with Crippen molar-refractivity contribution in [2.45, 2.75) is 32.9 Å². The zero-order valence-electron chi connectivity index (χ0n) is 17.0. The van der Waals surface area contributed by atoms with Crippen molar-refractivity contribution in [1.82, 2.24) is 9.55 Å². The van der Waals surface area contributed by atoms with Crippen molar-refractivity contribution in [2.75, 3.05) is 10.6 Å². The number of anilines is 2. The maximum Gasteiger partial charge on any atom is 0.330 e. The van der Waals surface area contributed by atoms with Crippen molar-refractivity contribution in [2.24, 2.45) is 0 Å². The number of carbonyl (C=O) groups is 1. The number of H-pyrrole nitrogens is 1. The summed E-state index contributed by atoms with van der Waals surface area (Å²) >= 11 is 5.99. The van der Waals surface area contributed by atoms with Crippen LogP contribution in [0.2, 0.25) is 5.02 Å². The number of aromatic amines is 1. The average molecular weight is 443 g/mol. The number of hydrogen-bond acceptors (Lipinski definition) is 5. The lowest BCUT2D eigenvalue weighted by Crippen LogP contribution is -2.40. The van der Waals surface area contributed by atoms with Crippen LogP contribution in [0, 0.1) is 0 Å². The van der Waals surface area contributed by atoms with Crippen LogP contribution in [0.3, 0.4) is 0 Å². The molecule has 0 atom stereocenters. The van der Waals surface area contributed by atoms with Gasteiger partial charge < -0.3 is 10.2 Å². The van der Waals surface area contributed by atoms with Crippen molar-refractivity contribution < 1.29 is 9.21 Å². The molecule has 162 valence electrons. The van der Waals surface area contributed by atoms with E-state index < -0.39 is 17.2 Å². The Morgan fingerprint density at radius 1 is 1.29 bits per heavy atom. The first kappa shape index (κ1) is 22.2. The first-order chi connectivity index (χ1) is 14.9. The Balaban J connectivity index is 2.04. The van der Waals surface area contributed by atoms with E-state index in [1.807, 2.05) is 6.92 Å². The maximum absolute atomic E-state index is 13.1. The van der Waals surface area contributed by atoms with E-state index in [1.165, 1.54) is 21.8 Å². The summed E-state index contributed by atoms with van der Waals surface area (Å²) in [4.78, 5) is 41.5. The van der Waals surface area contributed by atoms with Crippen molar-refractivity contribution >= 4 is 35.1 Å². The molecule has 9 heteroatoms. The van der Waals surface area contributed by atoms with E-state index in [1.54, 1.807) is 42.5 Å². The van der Waals surface area contributed by atoms with Gasteiger partial charge in [-0.25, -0.2) is 4.79 Å². The number of aromatic nitrogens is 2. The smallest absolute Gasteiger partial charge is 0.330 e. The Kier molecular flexibility index (Phi) is 7.15. The minimum atomic E-state index is -0.744. The normalized spacial score (nSPS) is 11.2. The van der Waals surface area contributed by atoms with Gasteiger partial charge >= 0.3 is 5.69 Å². The molecule has 2 heterocycles. The van der Waals surface area contributed by atoms with E-state index >= 15 is 0 Å². The van der Waals surface area contributed by atoms with Gasteiger partial charge in [0.05, 0.1) is 12.8 Å². The number of amides is 1. The standard InChI is InChI=1S/C22H23ClN4O4/c1-2-3-11-26-20(24)19(21(29)25-22(26)30)27(14-17-8-5-12-31-17)18(28)10-9-15-6-4-7-16(23)13-15/h4-10,12-13H,2-3,11,14,24H2,1H3,(H,25,29,30)/b10-9+. The van der Waals surface area contributed by atoms with Crippen LogP contribution in [0.5, 0.6) is 0 Å². The van der Waals surface area contributed by atoms with E-state index in [-0.39, 0.29) is 18.1 Å². The Labute approximate surface area is 183 Å². The van der Waals surface area contributed by atoms with Crippen LogP contribution >= 0.6 is 11.6 Å². The van der Waals surface area contributed by atoms with E-state index in [0.717, 1.165) is 6.42 Å². The number of carbonyl (C=O) groups excluding carboxylic acids is 1. The summed E-state index contributed by atoms with van der Waals surface area (Å²) in [6, 6.07) is 10.3. The van der Waals surface area contributed by atoms with Gasteiger partial charge in [-0.05, 0) is 42.3 Å². The van der Waals surface area contributed by atoms with Crippen molar-refractivity contribution in [1.29, 1.82) is 0 Å². The molecule has 0 saturated heterocycles. The van der Waals surface area contributed by atoms with Crippen LogP contribution in [0.25, 0.3) is 6.08 Å². The van der Waals surface area contributed by atoms with Gasteiger partial charge in [-0.15, -0.1) is 0 Å². The molecule has 2 aromatic heterocycles. The average Bonchev–Trinajstić information content (AvgIpc) is 3.24. The number of unbranched alkanes of at least 4 members (excludes halogenated alkanes) is 1. The van der Waals surface area contributed by atoms with E-state index in [9.17, 15) is 14.4 Å². The molecule has 3 rings (SSSR count). The molecule has 31 heavy (non-hydrogen) atoms.